The monoisotopic (exact) mass is 320 g/mol. The standard InChI is InChI=1S/C18H16N4O2/c1-11-3-4-13(23)7-14(11)16-9-21-17(10-20-16)22-18(24)15-8-19-6-5-12(15)2/h3-10,23H,1-2H3,(H,21,22,24). The van der Waals surface area contributed by atoms with Gasteiger partial charge in [-0.05, 0) is 43.2 Å². The number of benzene rings is 1. The lowest BCUT2D eigenvalue weighted by molar-refractivity contribution is 0.102. The quantitative estimate of drug-likeness (QED) is 0.774. The van der Waals surface area contributed by atoms with E-state index in [9.17, 15) is 9.90 Å². The summed E-state index contributed by atoms with van der Waals surface area (Å²) >= 11 is 0. The van der Waals surface area contributed by atoms with Crippen LogP contribution in [0.5, 0.6) is 5.75 Å². The third-order valence-corrected chi connectivity index (χ3v) is 3.67. The summed E-state index contributed by atoms with van der Waals surface area (Å²) in [6.45, 7) is 3.77. The van der Waals surface area contributed by atoms with Crippen molar-refractivity contribution in [1.82, 2.24) is 15.0 Å². The fraction of sp³-hybridized carbons (Fsp3) is 0.111. The average Bonchev–Trinajstić information content (AvgIpc) is 2.58. The minimum Gasteiger partial charge on any atom is -0.508 e. The first kappa shape index (κ1) is 15.6. The second-order valence-electron chi connectivity index (χ2n) is 5.43. The van der Waals surface area contributed by atoms with Gasteiger partial charge in [-0.2, -0.15) is 0 Å². The maximum absolute atomic E-state index is 12.2. The topological polar surface area (TPSA) is 88.0 Å². The molecule has 0 radical (unpaired) electrons. The van der Waals surface area contributed by atoms with Crippen LogP contribution >= 0.6 is 0 Å². The van der Waals surface area contributed by atoms with E-state index < -0.39 is 0 Å². The summed E-state index contributed by atoms with van der Waals surface area (Å²) in [7, 11) is 0. The van der Waals surface area contributed by atoms with Gasteiger partial charge in [-0.15, -0.1) is 0 Å². The molecule has 0 saturated carbocycles. The molecule has 0 bridgehead atoms. The Morgan fingerprint density at radius 2 is 1.88 bits per heavy atom. The van der Waals surface area contributed by atoms with Gasteiger partial charge < -0.3 is 10.4 Å². The number of phenols is 1. The predicted molar refractivity (Wildman–Crippen MR) is 90.8 cm³/mol. The van der Waals surface area contributed by atoms with E-state index in [0.717, 1.165) is 16.7 Å². The maximum Gasteiger partial charge on any atom is 0.258 e. The molecule has 0 spiro atoms. The summed E-state index contributed by atoms with van der Waals surface area (Å²) in [5.74, 6) is 0.239. The molecule has 0 aliphatic rings. The number of aryl methyl sites for hydroxylation is 2. The zero-order valence-electron chi connectivity index (χ0n) is 13.3. The lowest BCUT2D eigenvalue weighted by Crippen LogP contribution is -2.14. The summed E-state index contributed by atoms with van der Waals surface area (Å²) in [4.78, 5) is 24.7. The van der Waals surface area contributed by atoms with E-state index in [-0.39, 0.29) is 11.7 Å². The number of hydrogen-bond acceptors (Lipinski definition) is 5. The van der Waals surface area contributed by atoms with Crippen molar-refractivity contribution in [2.24, 2.45) is 0 Å². The number of rotatable bonds is 3. The van der Waals surface area contributed by atoms with Crippen molar-refractivity contribution in [3.8, 4) is 17.0 Å². The van der Waals surface area contributed by atoms with Crippen LogP contribution in [-0.4, -0.2) is 26.0 Å². The molecule has 2 N–H and O–H groups in total. The highest BCUT2D eigenvalue weighted by Crippen LogP contribution is 2.25. The molecule has 0 aliphatic carbocycles. The minimum atomic E-state index is -0.281. The largest absolute Gasteiger partial charge is 0.508 e. The van der Waals surface area contributed by atoms with Crippen molar-refractivity contribution < 1.29 is 9.90 Å². The van der Waals surface area contributed by atoms with Crippen LogP contribution in [0.25, 0.3) is 11.3 Å². The van der Waals surface area contributed by atoms with Crippen LogP contribution in [-0.2, 0) is 0 Å². The van der Waals surface area contributed by atoms with E-state index in [1.54, 1.807) is 30.6 Å². The summed E-state index contributed by atoms with van der Waals surface area (Å²) in [6.07, 6.45) is 6.21. The van der Waals surface area contributed by atoms with Crippen LogP contribution in [0.2, 0.25) is 0 Å². The Morgan fingerprint density at radius 1 is 1.04 bits per heavy atom. The van der Waals surface area contributed by atoms with Gasteiger partial charge in [0.2, 0.25) is 0 Å². The predicted octanol–water partition coefficient (Wildman–Crippen LogP) is 3.11. The Hall–Kier alpha value is -3.28. The Labute approximate surface area is 139 Å². The van der Waals surface area contributed by atoms with Crippen molar-refractivity contribution in [3.05, 3.63) is 65.7 Å². The first-order chi connectivity index (χ1) is 11.5. The number of amides is 1. The van der Waals surface area contributed by atoms with Crippen molar-refractivity contribution in [1.29, 1.82) is 0 Å². The maximum atomic E-state index is 12.2. The molecule has 120 valence electrons. The first-order valence-corrected chi connectivity index (χ1v) is 7.38. The fourth-order valence-electron chi connectivity index (χ4n) is 2.30. The zero-order valence-corrected chi connectivity index (χ0v) is 13.3. The zero-order chi connectivity index (χ0) is 17.1. The number of nitrogens with zero attached hydrogens (tertiary/aromatic N) is 3. The van der Waals surface area contributed by atoms with Gasteiger partial charge in [-0.1, -0.05) is 6.07 Å². The summed E-state index contributed by atoms with van der Waals surface area (Å²) < 4.78 is 0. The summed E-state index contributed by atoms with van der Waals surface area (Å²) in [6, 6.07) is 6.84. The number of phenolic OH excluding ortho intramolecular Hbond substituents is 1. The molecular formula is C18H16N4O2. The number of carbonyl (C=O) groups is 1. The number of aromatic nitrogens is 3. The molecule has 3 aromatic rings. The normalized spacial score (nSPS) is 10.4. The van der Waals surface area contributed by atoms with Gasteiger partial charge in [-0.25, -0.2) is 4.98 Å². The molecule has 1 amide bonds. The Morgan fingerprint density at radius 3 is 2.58 bits per heavy atom. The molecule has 2 heterocycles. The third-order valence-electron chi connectivity index (χ3n) is 3.67. The van der Waals surface area contributed by atoms with Gasteiger partial charge in [0.05, 0.1) is 23.7 Å². The minimum absolute atomic E-state index is 0.168. The highest BCUT2D eigenvalue weighted by Gasteiger charge is 2.11. The van der Waals surface area contributed by atoms with E-state index >= 15 is 0 Å². The molecule has 0 fully saturated rings. The molecule has 0 unspecified atom stereocenters. The van der Waals surface area contributed by atoms with Crippen molar-refractivity contribution in [2.45, 2.75) is 13.8 Å². The molecule has 0 aliphatic heterocycles. The van der Waals surface area contributed by atoms with Gasteiger partial charge in [0.25, 0.3) is 5.91 Å². The smallest absolute Gasteiger partial charge is 0.258 e. The molecule has 1 aromatic carbocycles. The molecule has 0 saturated heterocycles. The number of anilines is 1. The number of pyridine rings is 1. The lowest BCUT2D eigenvalue weighted by Gasteiger charge is -2.08. The molecule has 6 nitrogen and oxygen atoms in total. The summed E-state index contributed by atoms with van der Waals surface area (Å²) in [5.41, 5.74) is 3.72. The van der Waals surface area contributed by atoms with Crippen LogP contribution in [0.15, 0.2) is 49.1 Å². The van der Waals surface area contributed by atoms with Crippen molar-refractivity contribution >= 4 is 11.7 Å². The van der Waals surface area contributed by atoms with Gasteiger partial charge >= 0.3 is 0 Å². The van der Waals surface area contributed by atoms with E-state index in [4.69, 9.17) is 0 Å². The van der Waals surface area contributed by atoms with Gasteiger partial charge in [0.15, 0.2) is 5.82 Å². The Bertz CT molecular complexity index is 892. The van der Waals surface area contributed by atoms with E-state index in [1.165, 1.54) is 12.4 Å². The van der Waals surface area contributed by atoms with Crippen LogP contribution in [0.3, 0.4) is 0 Å². The van der Waals surface area contributed by atoms with Gasteiger partial charge in [-0.3, -0.25) is 14.8 Å². The molecular weight excluding hydrogens is 304 g/mol. The lowest BCUT2D eigenvalue weighted by atomic mass is 10.1. The van der Waals surface area contributed by atoms with Crippen molar-refractivity contribution in [2.75, 3.05) is 5.32 Å². The number of nitrogens with one attached hydrogen (secondary N) is 1. The summed E-state index contributed by atoms with van der Waals surface area (Å²) in [5, 5.41) is 12.3. The molecule has 24 heavy (non-hydrogen) atoms. The first-order valence-electron chi connectivity index (χ1n) is 7.38. The Balaban J connectivity index is 1.81. The van der Waals surface area contributed by atoms with E-state index in [2.05, 4.69) is 20.3 Å². The van der Waals surface area contributed by atoms with Crippen molar-refractivity contribution in [3.63, 3.8) is 0 Å². The highest BCUT2D eigenvalue weighted by molar-refractivity contribution is 6.04. The molecule has 0 atom stereocenters. The number of hydrogen-bond donors (Lipinski definition) is 2. The second kappa shape index (κ2) is 6.45. The average molecular weight is 320 g/mol. The number of carbonyl (C=O) groups excluding carboxylic acids is 1. The molecule has 6 heteroatoms. The second-order valence-corrected chi connectivity index (χ2v) is 5.43. The van der Waals surface area contributed by atoms with E-state index in [1.807, 2.05) is 19.9 Å². The Kier molecular flexibility index (Phi) is 4.20. The van der Waals surface area contributed by atoms with Crippen LogP contribution in [0.4, 0.5) is 5.82 Å². The molecule has 2 aromatic heterocycles. The van der Waals surface area contributed by atoms with Crippen LogP contribution in [0, 0.1) is 13.8 Å². The fourth-order valence-corrected chi connectivity index (χ4v) is 2.30. The van der Waals surface area contributed by atoms with Gasteiger partial charge in [0.1, 0.15) is 5.75 Å². The third kappa shape index (κ3) is 3.22. The highest BCUT2D eigenvalue weighted by atomic mass is 16.3. The SMILES string of the molecule is Cc1ccncc1C(=O)Nc1cnc(-c2cc(O)ccc2C)cn1. The van der Waals surface area contributed by atoms with Crippen LogP contribution < -0.4 is 5.32 Å². The van der Waals surface area contributed by atoms with Gasteiger partial charge in [0, 0.05) is 18.0 Å². The van der Waals surface area contributed by atoms with Crippen LogP contribution in [0.1, 0.15) is 21.5 Å². The molecule has 3 rings (SSSR count). The number of aromatic hydroxyl groups is 1. The van der Waals surface area contributed by atoms with E-state index in [0.29, 0.717) is 17.1 Å².